The molecule has 2 aromatic rings. The quantitative estimate of drug-likeness (QED) is 0.848. The van der Waals surface area contributed by atoms with Crippen LogP contribution in [0.1, 0.15) is 65.6 Å². The molecule has 19 heavy (non-hydrogen) atoms. The fraction of sp³-hybridized carbons (Fsp3) is 0.667. The number of rotatable bonds is 3. The Bertz CT molecular complexity index is 575. The van der Waals surface area contributed by atoms with Gasteiger partial charge < -0.3 is 0 Å². The van der Waals surface area contributed by atoms with Gasteiger partial charge in [0, 0.05) is 5.41 Å². The third-order valence-corrected chi connectivity index (χ3v) is 3.62. The molecule has 0 aliphatic heterocycles. The van der Waals surface area contributed by atoms with E-state index in [1.165, 1.54) is 5.56 Å². The molecule has 104 valence electrons. The van der Waals surface area contributed by atoms with Gasteiger partial charge in [-0.3, -0.25) is 0 Å². The Morgan fingerprint density at radius 1 is 1.16 bits per heavy atom. The molecule has 2 aromatic heterocycles. The fourth-order valence-electron chi connectivity index (χ4n) is 2.59. The molecule has 0 saturated carbocycles. The van der Waals surface area contributed by atoms with Crippen LogP contribution >= 0.6 is 0 Å². The van der Waals surface area contributed by atoms with Crippen molar-refractivity contribution in [1.29, 1.82) is 0 Å². The van der Waals surface area contributed by atoms with Crippen molar-refractivity contribution in [2.45, 2.75) is 65.2 Å². The lowest BCUT2D eigenvalue weighted by Crippen LogP contribution is -2.27. The Hall–Kier alpha value is -1.45. The predicted molar refractivity (Wildman–Crippen MR) is 77.4 cm³/mol. The molecule has 0 fully saturated rings. The Morgan fingerprint density at radius 3 is 2.42 bits per heavy atom. The van der Waals surface area contributed by atoms with Crippen LogP contribution in [0.2, 0.25) is 0 Å². The highest BCUT2D eigenvalue weighted by molar-refractivity contribution is 5.44. The summed E-state index contributed by atoms with van der Waals surface area (Å²) in [7, 11) is 0. The van der Waals surface area contributed by atoms with E-state index in [1.54, 1.807) is 10.8 Å². The molecule has 0 N–H and O–H groups in total. The molecule has 0 radical (unpaired) electrons. The smallest absolute Gasteiger partial charge is 0.177 e. The van der Waals surface area contributed by atoms with Crippen LogP contribution in [0.3, 0.4) is 0 Å². The zero-order valence-electron chi connectivity index (χ0n) is 12.9. The summed E-state index contributed by atoms with van der Waals surface area (Å²) in [6.07, 6.45) is 3.95. The number of fused-ring (bicyclic) bond motifs is 1. The minimum atomic E-state index is 0.0566. The largest absolute Gasteiger partial charge is 0.200 e. The molecule has 0 atom stereocenters. The third-order valence-electron chi connectivity index (χ3n) is 3.62. The third kappa shape index (κ3) is 2.62. The molecule has 2 heterocycles. The van der Waals surface area contributed by atoms with Gasteiger partial charge in [-0.2, -0.15) is 5.10 Å². The van der Waals surface area contributed by atoms with Crippen LogP contribution in [0, 0.1) is 0 Å². The van der Waals surface area contributed by atoms with E-state index in [2.05, 4.69) is 57.8 Å². The van der Waals surface area contributed by atoms with Gasteiger partial charge in [0.15, 0.2) is 5.65 Å². The maximum atomic E-state index is 4.78. The predicted octanol–water partition coefficient (Wildman–Crippen LogP) is 3.50. The second-order valence-electron chi connectivity index (χ2n) is 6.92. The SMILES string of the molecule is CCCC(C)(C)c1nn2cnnc2cc1C(C)(C)C. The Morgan fingerprint density at radius 2 is 1.84 bits per heavy atom. The Kier molecular flexibility index (Phi) is 3.37. The van der Waals surface area contributed by atoms with Gasteiger partial charge in [-0.1, -0.05) is 48.0 Å². The van der Waals surface area contributed by atoms with E-state index in [0.29, 0.717) is 0 Å². The maximum Gasteiger partial charge on any atom is 0.177 e. The topological polar surface area (TPSA) is 43.1 Å². The summed E-state index contributed by atoms with van der Waals surface area (Å²) in [6, 6.07) is 2.13. The van der Waals surface area contributed by atoms with Crippen LogP contribution in [0.5, 0.6) is 0 Å². The van der Waals surface area contributed by atoms with Crippen LogP contribution in [-0.2, 0) is 10.8 Å². The monoisotopic (exact) mass is 260 g/mol. The molecule has 2 rings (SSSR count). The standard InChI is InChI=1S/C15H24N4/c1-7-8-15(5,6)13-11(14(2,3)4)9-12-17-16-10-19(12)18-13/h9-10H,7-8H2,1-6H3. The number of hydrogen-bond acceptors (Lipinski definition) is 3. The molecule has 0 bridgehead atoms. The van der Waals surface area contributed by atoms with Crippen LogP contribution in [-0.4, -0.2) is 19.8 Å². The zero-order valence-corrected chi connectivity index (χ0v) is 12.9. The van der Waals surface area contributed by atoms with Crippen molar-refractivity contribution < 1.29 is 0 Å². The highest BCUT2D eigenvalue weighted by atomic mass is 15.3. The molecule has 4 nitrogen and oxygen atoms in total. The first-order valence-corrected chi connectivity index (χ1v) is 6.98. The lowest BCUT2D eigenvalue weighted by atomic mass is 9.76. The maximum absolute atomic E-state index is 4.78. The van der Waals surface area contributed by atoms with Crippen LogP contribution in [0.15, 0.2) is 12.4 Å². The van der Waals surface area contributed by atoms with Gasteiger partial charge in [-0.15, -0.1) is 10.2 Å². The molecule has 0 amide bonds. The molecule has 0 spiro atoms. The summed E-state index contributed by atoms with van der Waals surface area (Å²) >= 11 is 0. The van der Waals surface area contributed by atoms with Gasteiger partial charge in [0.1, 0.15) is 6.33 Å². The Labute approximate surface area is 115 Å². The molecular weight excluding hydrogens is 236 g/mol. The summed E-state index contributed by atoms with van der Waals surface area (Å²) < 4.78 is 1.78. The highest BCUT2D eigenvalue weighted by Gasteiger charge is 2.30. The summed E-state index contributed by atoms with van der Waals surface area (Å²) in [5, 5.41) is 12.8. The summed E-state index contributed by atoms with van der Waals surface area (Å²) in [6.45, 7) is 13.4. The molecule has 0 unspecified atom stereocenters. The average Bonchev–Trinajstić information content (AvgIpc) is 2.72. The van der Waals surface area contributed by atoms with E-state index in [1.807, 2.05) is 0 Å². The first-order valence-electron chi connectivity index (χ1n) is 6.98. The molecule has 0 aliphatic carbocycles. The van der Waals surface area contributed by atoms with Crippen LogP contribution in [0.25, 0.3) is 5.65 Å². The van der Waals surface area contributed by atoms with Crippen molar-refractivity contribution in [3.05, 3.63) is 23.7 Å². The van der Waals surface area contributed by atoms with Crippen LogP contribution in [0.4, 0.5) is 0 Å². The summed E-state index contributed by atoms with van der Waals surface area (Å²) in [4.78, 5) is 0. The number of aromatic nitrogens is 4. The fourth-order valence-corrected chi connectivity index (χ4v) is 2.59. The van der Waals surface area contributed by atoms with Gasteiger partial charge in [-0.05, 0) is 23.5 Å². The zero-order chi connectivity index (χ0) is 14.3. The van der Waals surface area contributed by atoms with E-state index < -0.39 is 0 Å². The molecule has 4 heteroatoms. The number of nitrogens with zero attached hydrogens (tertiary/aromatic N) is 4. The van der Waals surface area contributed by atoms with Crippen molar-refractivity contribution in [1.82, 2.24) is 19.8 Å². The second kappa shape index (κ2) is 4.58. The number of hydrogen-bond donors (Lipinski definition) is 0. The average molecular weight is 260 g/mol. The van der Waals surface area contributed by atoms with E-state index in [-0.39, 0.29) is 10.8 Å². The van der Waals surface area contributed by atoms with Gasteiger partial charge in [-0.25, -0.2) is 4.52 Å². The second-order valence-corrected chi connectivity index (χ2v) is 6.92. The van der Waals surface area contributed by atoms with Gasteiger partial charge in [0.25, 0.3) is 0 Å². The first-order chi connectivity index (χ1) is 8.75. The summed E-state index contributed by atoms with van der Waals surface area (Å²) in [5.41, 5.74) is 3.37. The normalized spacial score (nSPS) is 13.2. The van der Waals surface area contributed by atoms with Crippen molar-refractivity contribution in [2.75, 3.05) is 0 Å². The Balaban J connectivity index is 2.68. The van der Waals surface area contributed by atoms with Gasteiger partial charge in [0.2, 0.25) is 0 Å². The van der Waals surface area contributed by atoms with Crippen molar-refractivity contribution in [3.63, 3.8) is 0 Å². The van der Waals surface area contributed by atoms with Crippen molar-refractivity contribution >= 4 is 5.65 Å². The van der Waals surface area contributed by atoms with Crippen molar-refractivity contribution in [2.24, 2.45) is 0 Å². The minimum absolute atomic E-state index is 0.0566. The molecule has 0 saturated heterocycles. The molecule has 0 aliphatic rings. The molecular formula is C15H24N4. The van der Waals surface area contributed by atoms with E-state index in [4.69, 9.17) is 5.10 Å². The lowest BCUT2D eigenvalue weighted by molar-refractivity contribution is 0.432. The van der Waals surface area contributed by atoms with Gasteiger partial charge >= 0.3 is 0 Å². The van der Waals surface area contributed by atoms with E-state index in [9.17, 15) is 0 Å². The highest BCUT2D eigenvalue weighted by Crippen LogP contribution is 2.35. The van der Waals surface area contributed by atoms with Crippen molar-refractivity contribution in [3.8, 4) is 0 Å². The van der Waals surface area contributed by atoms with Crippen LogP contribution < -0.4 is 0 Å². The van der Waals surface area contributed by atoms with E-state index >= 15 is 0 Å². The van der Waals surface area contributed by atoms with Gasteiger partial charge in [0.05, 0.1) is 5.69 Å². The lowest BCUT2D eigenvalue weighted by Gasteiger charge is -2.31. The minimum Gasteiger partial charge on any atom is -0.200 e. The summed E-state index contributed by atoms with van der Waals surface area (Å²) in [5.74, 6) is 0. The molecule has 0 aromatic carbocycles. The first kappa shape index (κ1) is 14.0. The van der Waals surface area contributed by atoms with E-state index in [0.717, 1.165) is 24.2 Å².